The highest BCUT2D eigenvalue weighted by Crippen LogP contribution is 2.30. The van der Waals surface area contributed by atoms with E-state index in [-0.39, 0.29) is 17.4 Å². The summed E-state index contributed by atoms with van der Waals surface area (Å²) < 4.78 is 5.34. The van der Waals surface area contributed by atoms with E-state index in [0.29, 0.717) is 30.8 Å². The van der Waals surface area contributed by atoms with E-state index in [4.69, 9.17) is 16.3 Å². The topological polar surface area (TPSA) is 70.7 Å². The molecule has 1 aromatic rings. The van der Waals surface area contributed by atoms with E-state index < -0.39 is 0 Å². The molecule has 3 rings (SSSR count). The lowest BCUT2D eigenvalue weighted by Crippen LogP contribution is -2.44. The van der Waals surface area contributed by atoms with E-state index in [1.54, 1.807) is 0 Å². The average molecular weight is 408 g/mol. The molecule has 2 N–H and O–H groups in total. The SMILES string of the molecule is O=C(CC[C@]1(Cc2ccc(Cl)cc2)CCC(=O)N1)NCCCN1CCOCC1. The molecule has 28 heavy (non-hydrogen) atoms. The first-order chi connectivity index (χ1) is 13.5. The van der Waals surface area contributed by atoms with Crippen molar-refractivity contribution in [3.05, 3.63) is 34.9 Å². The molecule has 0 unspecified atom stereocenters. The zero-order valence-electron chi connectivity index (χ0n) is 16.3. The standard InChI is InChI=1S/C21H30ClN3O3/c22-18-4-2-17(3-5-18)16-21(9-7-20(27)24-21)8-6-19(26)23-10-1-11-25-12-14-28-15-13-25/h2-5H,1,6-16H2,(H,23,26)(H,24,27)/t21-/m1/s1. The fraction of sp³-hybridized carbons (Fsp3) is 0.619. The minimum Gasteiger partial charge on any atom is -0.379 e. The number of nitrogens with one attached hydrogen (secondary N) is 2. The molecular weight excluding hydrogens is 378 g/mol. The molecule has 2 saturated heterocycles. The first kappa shape index (κ1) is 21.1. The van der Waals surface area contributed by atoms with Gasteiger partial charge in [0.05, 0.1) is 13.2 Å². The van der Waals surface area contributed by atoms with Gasteiger partial charge in [-0.2, -0.15) is 0 Å². The molecular formula is C21H30ClN3O3. The Hall–Kier alpha value is -1.63. The van der Waals surface area contributed by atoms with Crippen LogP contribution in [0.3, 0.4) is 0 Å². The van der Waals surface area contributed by atoms with Gasteiger partial charge >= 0.3 is 0 Å². The van der Waals surface area contributed by atoms with Gasteiger partial charge in [-0.3, -0.25) is 14.5 Å². The molecule has 6 nitrogen and oxygen atoms in total. The average Bonchev–Trinajstić information content (AvgIpc) is 3.07. The van der Waals surface area contributed by atoms with Gasteiger partial charge in [0.15, 0.2) is 0 Å². The number of halogens is 1. The lowest BCUT2D eigenvalue weighted by molar-refractivity contribution is -0.122. The quantitative estimate of drug-likeness (QED) is 0.615. The Kier molecular flexibility index (Phi) is 7.71. The molecule has 1 aromatic carbocycles. The summed E-state index contributed by atoms with van der Waals surface area (Å²) >= 11 is 5.97. The van der Waals surface area contributed by atoms with Crippen LogP contribution in [-0.2, 0) is 20.7 Å². The first-order valence-corrected chi connectivity index (χ1v) is 10.5. The molecule has 0 aromatic heterocycles. The van der Waals surface area contributed by atoms with Gasteiger partial charge in [0.1, 0.15) is 0 Å². The van der Waals surface area contributed by atoms with E-state index in [1.807, 2.05) is 24.3 Å². The third-order valence-corrected chi connectivity index (χ3v) is 5.85. The summed E-state index contributed by atoms with van der Waals surface area (Å²) in [6.45, 7) is 5.22. The third kappa shape index (κ3) is 6.47. The molecule has 2 aliphatic rings. The molecule has 0 spiro atoms. The van der Waals surface area contributed by atoms with Crippen LogP contribution >= 0.6 is 11.6 Å². The molecule has 0 aliphatic carbocycles. The normalized spacial score (nSPS) is 22.8. The maximum atomic E-state index is 12.3. The molecule has 0 saturated carbocycles. The number of hydrogen-bond donors (Lipinski definition) is 2. The van der Waals surface area contributed by atoms with Crippen LogP contribution < -0.4 is 10.6 Å². The molecule has 7 heteroatoms. The van der Waals surface area contributed by atoms with Gasteiger partial charge in [-0.1, -0.05) is 23.7 Å². The molecule has 154 valence electrons. The minimum atomic E-state index is -0.337. The Morgan fingerprint density at radius 1 is 1.25 bits per heavy atom. The predicted molar refractivity (Wildman–Crippen MR) is 109 cm³/mol. The number of hydrogen-bond acceptors (Lipinski definition) is 4. The monoisotopic (exact) mass is 407 g/mol. The van der Waals surface area contributed by atoms with Crippen molar-refractivity contribution in [2.45, 2.75) is 44.1 Å². The van der Waals surface area contributed by atoms with Crippen LogP contribution in [0.1, 0.15) is 37.7 Å². The summed E-state index contributed by atoms with van der Waals surface area (Å²) in [6, 6.07) is 7.70. The smallest absolute Gasteiger partial charge is 0.220 e. The van der Waals surface area contributed by atoms with Gasteiger partial charge in [0, 0.05) is 43.0 Å². The Morgan fingerprint density at radius 2 is 2.00 bits per heavy atom. The van der Waals surface area contributed by atoms with Crippen LogP contribution in [0.4, 0.5) is 0 Å². The number of morpholine rings is 1. The van der Waals surface area contributed by atoms with Crippen LogP contribution in [0, 0.1) is 0 Å². The highest BCUT2D eigenvalue weighted by molar-refractivity contribution is 6.30. The molecule has 1 atom stereocenters. The number of rotatable bonds is 9. The second kappa shape index (κ2) is 10.2. The first-order valence-electron chi connectivity index (χ1n) is 10.2. The van der Waals surface area contributed by atoms with E-state index >= 15 is 0 Å². The van der Waals surface area contributed by atoms with Crippen LogP contribution in [0.15, 0.2) is 24.3 Å². The van der Waals surface area contributed by atoms with Crippen molar-refractivity contribution < 1.29 is 14.3 Å². The van der Waals surface area contributed by atoms with Gasteiger partial charge < -0.3 is 15.4 Å². The van der Waals surface area contributed by atoms with Gasteiger partial charge in [-0.25, -0.2) is 0 Å². The molecule has 0 bridgehead atoms. The van der Waals surface area contributed by atoms with Crippen LogP contribution in [-0.4, -0.2) is 61.6 Å². The zero-order valence-corrected chi connectivity index (χ0v) is 17.1. The van der Waals surface area contributed by atoms with E-state index in [2.05, 4.69) is 15.5 Å². The molecule has 2 amide bonds. The van der Waals surface area contributed by atoms with Crippen molar-refractivity contribution in [3.63, 3.8) is 0 Å². The number of benzene rings is 1. The summed E-state index contributed by atoms with van der Waals surface area (Å²) in [7, 11) is 0. The fourth-order valence-electron chi connectivity index (χ4n) is 3.97. The summed E-state index contributed by atoms with van der Waals surface area (Å²) in [6.07, 6.45) is 4.02. The zero-order chi connectivity index (χ0) is 19.8. The molecule has 2 heterocycles. The number of nitrogens with zero attached hydrogens (tertiary/aromatic N) is 1. The van der Waals surface area contributed by atoms with Crippen molar-refractivity contribution in [2.75, 3.05) is 39.4 Å². The van der Waals surface area contributed by atoms with Gasteiger partial charge in [-0.15, -0.1) is 0 Å². The van der Waals surface area contributed by atoms with Crippen molar-refractivity contribution in [2.24, 2.45) is 0 Å². The molecule has 2 aliphatic heterocycles. The largest absolute Gasteiger partial charge is 0.379 e. The van der Waals surface area contributed by atoms with Crippen molar-refractivity contribution in [1.82, 2.24) is 15.5 Å². The van der Waals surface area contributed by atoms with Crippen molar-refractivity contribution >= 4 is 23.4 Å². The number of amides is 2. The minimum absolute atomic E-state index is 0.0543. The van der Waals surface area contributed by atoms with Gasteiger partial charge in [-0.05, 0) is 49.9 Å². The predicted octanol–water partition coefficient (Wildman–Crippen LogP) is 2.15. The second-order valence-electron chi connectivity index (χ2n) is 7.79. The van der Waals surface area contributed by atoms with Gasteiger partial charge in [0.25, 0.3) is 0 Å². The number of ether oxygens (including phenoxy) is 1. The van der Waals surface area contributed by atoms with E-state index in [1.165, 1.54) is 0 Å². The Morgan fingerprint density at radius 3 is 2.68 bits per heavy atom. The van der Waals surface area contributed by atoms with E-state index in [0.717, 1.165) is 57.7 Å². The number of carbonyl (C=O) groups excluding carboxylic acids is 2. The summed E-state index contributed by atoms with van der Waals surface area (Å²) in [5.74, 6) is 0.124. The Bertz CT molecular complexity index is 661. The number of carbonyl (C=O) groups is 2. The highest BCUT2D eigenvalue weighted by atomic mass is 35.5. The van der Waals surface area contributed by atoms with Gasteiger partial charge in [0.2, 0.25) is 11.8 Å². The third-order valence-electron chi connectivity index (χ3n) is 5.60. The summed E-state index contributed by atoms with van der Waals surface area (Å²) in [5, 5.41) is 6.84. The van der Waals surface area contributed by atoms with Crippen LogP contribution in [0.25, 0.3) is 0 Å². The Labute approximate surface area is 171 Å². The van der Waals surface area contributed by atoms with Crippen LogP contribution in [0.5, 0.6) is 0 Å². The lowest BCUT2D eigenvalue weighted by atomic mass is 9.85. The Balaban J connectivity index is 1.42. The second-order valence-corrected chi connectivity index (χ2v) is 8.23. The van der Waals surface area contributed by atoms with Crippen molar-refractivity contribution in [3.8, 4) is 0 Å². The molecule has 2 fully saturated rings. The maximum absolute atomic E-state index is 12.3. The fourth-order valence-corrected chi connectivity index (χ4v) is 4.10. The van der Waals surface area contributed by atoms with Crippen molar-refractivity contribution in [1.29, 1.82) is 0 Å². The van der Waals surface area contributed by atoms with E-state index in [9.17, 15) is 9.59 Å². The lowest BCUT2D eigenvalue weighted by Gasteiger charge is -2.29. The van der Waals surface area contributed by atoms with Crippen LogP contribution in [0.2, 0.25) is 5.02 Å². The summed E-state index contributed by atoms with van der Waals surface area (Å²) in [4.78, 5) is 26.5. The summed E-state index contributed by atoms with van der Waals surface area (Å²) in [5.41, 5.74) is 0.785. The highest BCUT2D eigenvalue weighted by Gasteiger charge is 2.37. The molecule has 0 radical (unpaired) electrons. The maximum Gasteiger partial charge on any atom is 0.220 e.